The molecule has 1 N–H and O–H groups in total. The van der Waals surface area contributed by atoms with Crippen LogP contribution in [0.25, 0.3) is 10.9 Å². The van der Waals surface area contributed by atoms with Crippen molar-refractivity contribution in [1.82, 2.24) is 4.57 Å². The fourth-order valence-electron chi connectivity index (χ4n) is 2.58. The quantitative estimate of drug-likeness (QED) is 0.845. The van der Waals surface area contributed by atoms with Crippen LogP contribution in [0.15, 0.2) is 17.1 Å². The van der Waals surface area contributed by atoms with E-state index in [4.69, 9.17) is 5.11 Å². The van der Waals surface area contributed by atoms with Crippen LogP contribution in [-0.4, -0.2) is 21.8 Å². The molecular formula is C14H7F6NO3. The Kier molecular flexibility index (Phi) is 3.40. The number of rotatable bonds is 2. The number of alkyl halides is 4. The van der Waals surface area contributed by atoms with Gasteiger partial charge in [-0.05, 0) is 6.07 Å². The number of aromatic nitrogens is 1. The minimum Gasteiger partial charge on any atom is -0.477 e. The van der Waals surface area contributed by atoms with E-state index < -0.39 is 63.5 Å². The van der Waals surface area contributed by atoms with E-state index in [1.807, 2.05) is 0 Å². The molecule has 0 unspecified atom stereocenters. The molecule has 0 saturated heterocycles. The van der Waals surface area contributed by atoms with Crippen molar-refractivity contribution < 1.29 is 36.2 Å². The Hall–Kier alpha value is -2.52. The standard InChI is InChI=1S/C14H7F6NO3/c15-6-2-8(6)21-3-5(13(23)24)12(22)4-1-7(16)10(17)9(11(4)21)14(18,19)20/h1,3,6,8H,2H2,(H,23,24)/t6-,8+/m0/s1. The smallest absolute Gasteiger partial charge is 0.421 e. The fourth-order valence-corrected chi connectivity index (χ4v) is 2.58. The number of carboxylic acids is 1. The van der Waals surface area contributed by atoms with Crippen LogP contribution in [0.1, 0.15) is 28.4 Å². The summed E-state index contributed by atoms with van der Waals surface area (Å²) in [5.74, 6) is -5.96. The average molecular weight is 351 g/mol. The normalized spacial score (nSPS) is 20.4. The molecule has 24 heavy (non-hydrogen) atoms. The van der Waals surface area contributed by atoms with Gasteiger partial charge in [0.15, 0.2) is 11.6 Å². The van der Waals surface area contributed by atoms with Crippen molar-refractivity contribution in [3.8, 4) is 0 Å². The van der Waals surface area contributed by atoms with E-state index in [-0.39, 0.29) is 12.5 Å². The minimum atomic E-state index is -5.37. The zero-order valence-electron chi connectivity index (χ0n) is 11.5. The number of aromatic carboxylic acids is 1. The van der Waals surface area contributed by atoms with Crippen LogP contribution in [0, 0.1) is 11.6 Å². The highest BCUT2D eigenvalue weighted by Gasteiger charge is 2.44. The number of fused-ring (bicyclic) bond motifs is 1. The molecule has 2 aromatic rings. The second-order valence-corrected chi connectivity index (χ2v) is 5.34. The van der Waals surface area contributed by atoms with E-state index in [1.54, 1.807) is 0 Å². The van der Waals surface area contributed by atoms with Gasteiger partial charge in [-0.25, -0.2) is 18.0 Å². The van der Waals surface area contributed by atoms with Gasteiger partial charge in [-0.15, -0.1) is 0 Å². The van der Waals surface area contributed by atoms with Crippen molar-refractivity contribution in [1.29, 1.82) is 0 Å². The molecule has 2 atom stereocenters. The molecule has 1 heterocycles. The van der Waals surface area contributed by atoms with Crippen molar-refractivity contribution in [2.75, 3.05) is 0 Å². The molecule has 1 aromatic heterocycles. The third kappa shape index (κ3) is 2.33. The van der Waals surface area contributed by atoms with Crippen LogP contribution < -0.4 is 5.43 Å². The Balaban J connectivity index is 2.56. The first kappa shape index (κ1) is 16.3. The maximum Gasteiger partial charge on any atom is 0.421 e. The van der Waals surface area contributed by atoms with Gasteiger partial charge in [0.05, 0.1) is 16.9 Å². The van der Waals surface area contributed by atoms with Gasteiger partial charge in [0.1, 0.15) is 17.3 Å². The molecule has 1 aliphatic rings. The lowest BCUT2D eigenvalue weighted by atomic mass is 10.0. The van der Waals surface area contributed by atoms with Crippen molar-refractivity contribution in [2.24, 2.45) is 0 Å². The first-order chi connectivity index (χ1) is 11.0. The summed E-state index contributed by atoms with van der Waals surface area (Å²) in [5.41, 5.74) is -5.50. The summed E-state index contributed by atoms with van der Waals surface area (Å²) in [7, 11) is 0. The Bertz CT molecular complexity index is 933. The maximum atomic E-state index is 13.8. The maximum absolute atomic E-state index is 13.8. The van der Waals surface area contributed by atoms with Gasteiger partial charge >= 0.3 is 12.1 Å². The highest BCUT2D eigenvalue weighted by Crippen LogP contribution is 2.44. The monoisotopic (exact) mass is 351 g/mol. The van der Waals surface area contributed by atoms with Gasteiger partial charge in [-0.1, -0.05) is 0 Å². The number of hydrogen-bond acceptors (Lipinski definition) is 2. The second-order valence-electron chi connectivity index (χ2n) is 5.34. The Morgan fingerprint density at radius 3 is 2.33 bits per heavy atom. The molecule has 3 rings (SSSR count). The van der Waals surface area contributed by atoms with E-state index in [0.717, 1.165) is 0 Å². The molecule has 0 radical (unpaired) electrons. The molecule has 1 aromatic carbocycles. The van der Waals surface area contributed by atoms with Gasteiger partial charge in [0.2, 0.25) is 5.43 Å². The number of pyridine rings is 1. The number of halogens is 6. The summed E-state index contributed by atoms with van der Waals surface area (Å²) < 4.78 is 80.7. The van der Waals surface area contributed by atoms with Crippen LogP contribution in [0.4, 0.5) is 26.3 Å². The van der Waals surface area contributed by atoms with Crippen LogP contribution in [0.3, 0.4) is 0 Å². The van der Waals surface area contributed by atoms with Crippen LogP contribution in [0.2, 0.25) is 0 Å². The third-order valence-corrected chi connectivity index (χ3v) is 3.76. The SMILES string of the molecule is O=C(O)c1cn([C@@H]2C[C@@H]2F)c2c(C(F)(F)F)c(F)c(F)cc2c1=O. The summed E-state index contributed by atoms with van der Waals surface area (Å²) in [5, 5.41) is 8.00. The summed E-state index contributed by atoms with van der Waals surface area (Å²) in [6.45, 7) is 0. The van der Waals surface area contributed by atoms with E-state index in [2.05, 4.69) is 0 Å². The molecule has 1 fully saturated rings. The highest BCUT2D eigenvalue weighted by molar-refractivity contribution is 5.93. The third-order valence-electron chi connectivity index (χ3n) is 3.76. The molecular weight excluding hydrogens is 344 g/mol. The number of carboxylic acid groups (broad SMARTS) is 1. The number of nitrogens with zero attached hydrogens (tertiary/aromatic N) is 1. The van der Waals surface area contributed by atoms with Crippen molar-refractivity contribution in [3.05, 3.63) is 45.2 Å². The summed E-state index contributed by atoms with van der Waals surface area (Å²) in [6, 6.07) is -0.988. The van der Waals surface area contributed by atoms with Gasteiger partial charge in [-0.2, -0.15) is 13.2 Å². The lowest BCUT2D eigenvalue weighted by molar-refractivity contribution is -0.139. The van der Waals surface area contributed by atoms with Gasteiger partial charge < -0.3 is 9.67 Å². The van der Waals surface area contributed by atoms with Gasteiger partial charge in [0, 0.05) is 12.6 Å². The lowest BCUT2D eigenvalue weighted by Gasteiger charge is -2.18. The van der Waals surface area contributed by atoms with Crippen molar-refractivity contribution >= 4 is 16.9 Å². The molecule has 0 spiro atoms. The van der Waals surface area contributed by atoms with E-state index in [0.29, 0.717) is 10.8 Å². The molecule has 0 aliphatic heterocycles. The Morgan fingerprint density at radius 2 is 1.88 bits per heavy atom. The van der Waals surface area contributed by atoms with E-state index in [1.165, 1.54) is 0 Å². The predicted molar refractivity (Wildman–Crippen MR) is 68.6 cm³/mol. The van der Waals surface area contributed by atoms with E-state index >= 15 is 0 Å². The van der Waals surface area contributed by atoms with Crippen molar-refractivity contribution in [3.63, 3.8) is 0 Å². The molecule has 1 saturated carbocycles. The fraction of sp³-hybridized carbons (Fsp3) is 0.286. The summed E-state index contributed by atoms with van der Waals surface area (Å²) in [6.07, 6.45) is -6.65. The zero-order chi connectivity index (χ0) is 18.0. The van der Waals surface area contributed by atoms with E-state index in [9.17, 15) is 35.9 Å². The second kappa shape index (κ2) is 4.99. The average Bonchev–Trinajstić information content (AvgIpc) is 3.16. The molecule has 4 nitrogen and oxygen atoms in total. The van der Waals surface area contributed by atoms with Crippen LogP contribution >= 0.6 is 0 Å². The summed E-state index contributed by atoms with van der Waals surface area (Å²) in [4.78, 5) is 23.1. The Labute approximate surface area is 128 Å². The molecule has 0 amide bonds. The molecule has 128 valence electrons. The predicted octanol–water partition coefficient (Wildman–Crippen LogP) is 3.28. The Morgan fingerprint density at radius 1 is 1.29 bits per heavy atom. The van der Waals surface area contributed by atoms with Gasteiger partial charge in [-0.3, -0.25) is 4.79 Å². The number of carbonyl (C=O) groups is 1. The number of benzene rings is 1. The summed E-state index contributed by atoms with van der Waals surface area (Å²) >= 11 is 0. The first-order valence-electron chi connectivity index (χ1n) is 6.55. The molecule has 1 aliphatic carbocycles. The molecule has 0 bridgehead atoms. The molecule has 10 heteroatoms. The number of hydrogen-bond donors (Lipinski definition) is 1. The largest absolute Gasteiger partial charge is 0.477 e. The van der Waals surface area contributed by atoms with Crippen LogP contribution in [-0.2, 0) is 6.18 Å². The highest BCUT2D eigenvalue weighted by atomic mass is 19.4. The van der Waals surface area contributed by atoms with Gasteiger partial charge in [0.25, 0.3) is 0 Å². The van der Waals surface area contributed by atoms with Crippen LogP contribution in [0.5, 0.6) is 0 Å². The minimum absolute atomic E-state index is 0.195. The lowest BCUT2D eigenvalue weighted by Crippen LogP contribution is -2.23. The zero-order valence-corrected chi connectivity index (χ0v) is 11.5. The van der Waals surface area contributed by atoms with Crippen molar-refractivity contribution in [2.45, 2.75) is 24.8 Å². The topological polar surface area (TPSA) is 59.3 Å². The first-order valence-corrected chi connectivity index (χ1v) is 6.55.